The van der Waals surface area contributed by atoms with Crippen LogP contribution in [0.4, 0.5) is 11.7 Å². The van der Waals surface area contributed by atoms with E-state index < -0.39 is 11.8 Å². The summed E-state index contributed by atoms with van der Waals surface area (Å²) in [5.41, 5.74) is 0.959. The van der Waals surface area contributed by atoms with Gasteiger partial charge in [-0.25, -0.2) is 0 Å². The Balaban J connectivity index is 1.66. The van der Waals surface area contributed by atoms with Gasteiger partial charge in [0.25, 0.3) is 5.91 Å². The number of rotatable bonds is 4. The smallest absolute Gasteiger partial charge is 0.322 e. The van der Waals surface area contributed by atoms with E-state index in [2.05, 4.69) is 20.8 Å². The number of hydrogen-bond donors (Lipinski definition) is 2. The van der Waals surface area contributed by atoms with Crippen LogP contribution in [0.25, 0.3) is 0 Å². The predicted octanol–water partition coefficient (Wildman–Crippen LogP) is 3.23. The summed E-state index contributed by atoms with van der Waals surface area (Å²) < 4.78 is 5.14. The van der Waals surface area contributed by atoms with Gasteiger partial charge in [-0.1, -0.05) is 34.9 Å². The van der Waals surface area contributed by atoms with E-state index in [9.17, 15) is 9.59 Å². The highest BCUT2D eigenvalue weighted by Gasteiger charge is 2.17. The Bertz CT molecular complexity index is 863. The number of carbonyl (C=O) groups is 2. The highest BCUT2D eigenvalue weighted by molar-refractivity contribution is 6.30. The van der Waals surface area contributed by atoms with Crippen molar-refractivity contribution >= 4 is 35.1 Å². The Hall–Kier alpha value is -3.19. The van der Waals surface area contributed by atoms with Gasteiger partial charge in [-0.2, -0.15) is 0 Å². The molecule has 7 nitrogen and oxygen atoms in total. The van der Waals surface area contributed by atoms with Crippen LogP contribution >= 0.6 is 11.6 Å². The molecule has 0 unspecified atom stereocenters. The summed E-state index contributed by atoms with van der Waals surface area (Å²) >= 11 is 5.76. The molecular weight excluding hydrogens is 332 g/mol. The van der Waals surface area contributed by atoms with Crippen LogP contribution in [0.3, 0.4) is 0 Å². The molecule has 0 spiro atoms. The van der Waals surface area contributed by atoms with E-state index in [0.29, 0.717) is 16.3 Å². The fourth-order valence-corrected chi connectivity index (χ4v) is 1.97. The fraction of sp³-hybridized carbons (Fsp3) is 0. The van der Waals surface area contributed by atoms with Crippen molar-refractivity contribution in [3.8, 4) is 0 Å². The molecule has 120 valence electrons. The number of hydrogen-bond acceptors (Lipinski definition) is 5. The highest BCUT2D eigenvalue weighted by Crippen LogP contribution is 2.13. The third-order valence-electron chi connectivity index (χ3n) is 2.98. The van der Waals surface area contributed by atoms with Crippen LogP contribution in [0.2, 0.25) is 5.02 Å². The summed E-state index contributed by atoms with van der Waals surface area (Å²) in [6.45, 7) is 0. The van der Waals surface area contributed by atoms with Crippen molar-refractivity contribution < 1.29 is 14.0 Å². The lowest BCUT2D eigenvalue weighted by Crippen LogP contribution is -2.12. The Morgan fingerprint density at radius 1 is 0.875 bits per heavy atom. The molecule has 1 aromatic heterocycles. The molecule has 0 aliphatic rings. The molecule has 0 atom stereocenters. The monoisotopic (exact) mass is 342 g/mol. The zero-order valence-electron chi connectivity index (χ0n) is 12.2. The van der Waals surface area contributed by atoms with Crippen molar-refractivity contribution in [1.29, 1.82) is 0 Å². The van der Waals surface area contributed by atoms with Gasteiger partial charge in [0.1, 0.15) is 0 Å². The first kappa shape index (κ1) is 15.7. The maximum Gasteiger partial charge on any atom is 0.322 e. The summed E-state index contributed by atoms with van der Waals surface area (Å²) in [5.74, 6) is -1.28. The number of halogens is 1. The lowest BCUT2D eigenvalue weighted by molar-refractivity contribution is 0.0983. The topological polar surface area (TPSA) is 97.1 Å². The van der Waals surface area contributed by atoms with E-state index >= 15 is 0 Å². The van der Waals surface area contributed by atoms with Gasteiger partial charge in [0, 0.05) is 16.3 Å². The second-order valence-corrected chi connectivity index (χ2v) is 5.13. The van der Waals surface area contributed by atoms with Crippen LogP contribution in [-0.4, -0.2) is 22.0 Å². The van der Waals surface area contributed by atoms with Gasteiger partial charge in [-0.05, 0) is 36.4 Å². The predicted molar refractivity (Wildman–Crippen MR) is 88.1 cm³/mol. The molecule has 2 N–H and O–H groups in total. The van der Waals surface area contributed by atoms with Gasteiger partial charge in [-0.3, -0.25) is 14.9 Å². The fourth-order valence-electron chi connectivity index (χ4n) is 1.84. The molecular formula is C16H11ClN4O3. The van der Waals surface area contributed by atoms with Crippen LogP contribution < -0.4 is 10.6 Å². The lowest BCUT2D eigenvalue weighted by atomic mass is 10.2. The first-order valence-electron chi connectivity index (χ1n) is 6.88. The molecule has 1 heterocycles. The van der Waals surface area contributed by atoms with Gasteiger partial charge >= 0.3 is 17.8 Å². The van der Waals surface area contributed by atoms with Crippen LogP contribution in [0, 0.1) is 0 Å². The normalized spacial score (nSPS) is 10.2. The minimum atomic E-state index is -0.569. The number of aromatic nitrogens is 2. The lowest BCUT2D eigenvalue weighted by Gasteiger charge is -2.01. The van der Waals surface area contributed by atoms with Crippen molar-refractivity contribution in [3.05, 3.63) is 71.1 Å². The number of nitrogens with one attached hydrogen (secondary N) is 2. The molecule has 8 heteroatoms. The molecule has 0 fully saturated rings. The molecule has 3 rings (SSSR count). The zero-order chi connectivity index (χ0) is 16.9. The Morgan fingerprint density at radius 2 is 1.58 bits per heavy atom. The van der Waals surface area contributed by atoms with E-state index in [-0.39, 0.29) is 11.9 Å². The summed E-state index contributed by atoms with van der Waals surface area (Å²) in [6, 6.07) is 14.9. The van der Waals surface area contributed by atoms with Crippen LogP contribution in [0.1, 0.15) is 21.0 Å². The summed E-state index contributed by atoms with van der Waals surface area (Å²) in [4.78, 5) is 24.0. The van der Waals surface area contributed by atoms with Crippen molar-refractivity contribution in [1.82, 2.24) is 10.2 Å². The largest absolute Gasteiger partial charge is 0.399 e. The standard InChI is InChI=1S/C16H11ClN4O3/c17-11-8-6-10(7-9-11)13(22)19-16-21-20-15(24-16)14(23)18-12-4-2-1-3-5-12/h1-9H,(H,18,23)(H,19,21,22). The van der Waals surface area contributed by atoms with E-state index in [1.54, 1.807) is 48.5 Å². The number of amides is 2. The maximum atomic E-state index is 12.0. The first-order chi connectivity index (χ1) is 11.6. The minimum Gasteiger partial charge on any atom is -0.399 e. The average molecular weight is 343 g/mol. The molecule has 3 aromatic rings. The molecule has 2 amide bonds. The summed E-state index contributed by atoms with van der Waals surface area (Å²) in [5, 5.41) is 12.8. The molecule has 0 aliphatic heterocycles. The number of nitrogens with zero attached hydrogens (tertiary/aromatic N) is 2. The summed E-state index contributed by atoms with van der Waals surface area (Å²) in [7, 11) is 0. The molecule has 24 heavy (non-hydrogen) atoms. The van der Waals surface area contributed by atoms with E-state index in [4.69, 9.17) is 16.0 Å². The van der Waals surface area contributed by atoms with Gasteiger partial charge in [-0.15, -0.1) is 5.10 Å². The maximum absolute atomic E-state index is 12.0. The van der Waals surface area contributed by atoms with Crippen LogP contribution in [0.5, 0.6) is 0 Å². The van der Waals surface area contributed by atoms with E-state index in [0.717, 1.165) is 0 Å². The first-order valence-corrected chi connectivity index (χ1v) is 7.26. The van der Waals surface area contributed by atoms with Crippen LogP contribution in [0.15, 0.2) is 59.0 Å². The van der Waals surface area contributed by atoms with Gasteiger partial charge in [0.15, 0.2) is 0 Å². The third-order valence-corrected chi connectivity index (χ3v) is 3.23. The second-order valence-electron chi connectivity index (χ2n) is 4.69. The molecule has 0 saturated heterocycles. The molecule has 2 aromatic carbocycles. The Morgan fingerprint density at radius 3 is 2.29 bits per heavy atom. The molecule has 0 saturated carbocycles. The van der Waals surface area contributed by atoms with Crippen molar-refractivity contribution in [3.63, 3.8) is 0 Å². The molecule has 0 bridgehead atoms. The van der Waals surface area contributed by atoms with Crippen molar-refractivity contribution in [2.75, 3.05) is 10.6 Å². The van der Waals surface area contributed by atoms with Gasteiger partial charge in [0.05, 0.1) is 0 Å². The highest BCUT2D eigenvalue weighted by atomic mass is 35.5. The molecule has 0 aliphatic carbocycles. The van der Waals surface area contributed by atoms with Gasteiger partial charge < -0.3 is 9.73 Å². The average Bonchev–Trinajstić information content (AvgIpc) is 3.05. The van der Waals surface area contributed by atoms with Crippen molar-refractivity contribution in [2.24, 2.45) is 0 Å². The van der Waals surface area contributed by atoms with E-state index in [1.807, 2.05) is 6.07 Å². The Kier molecular flexibility index (Phi) is 4.53. The summed E-state index contributed by atoms with van der Waals surface area (Å²) in [6.07, 6.45) is 0. The molecule has 0 radical (unpaired) electrons. The quantitative estimate of drug-likeness (QED) is 0.758. The number of benzene rings is 2. The minimum absolute atomic E-state index is 0.173. The number of carbonyl (C=O) groups excluding carboxylic acids is 2. The Labute approximate surface area is 141 Å². The number of anilines is 2. The van der Waals surface area contributed by atoms with Crippen LogP contribution in [-0.2, 0) is 0 Å². The number of para-hydroxylation sites is 1. The van der Waals surface area contributed by atoms with Crippen molar-refractivity contribution in [2.45, 2.75) is 0 Å². The third kappa shape index (κ3) is 3.76. The SMILES string of the molecule is O=C(Nc1nnc(C(=O)Nc2ccccc2)o1)c1ccc(Cl)cc1. The zero-order valence-corrected chi connectivity index (χ0v) is 12.9. The second kappa shape index (κ2) is 6.93. The van der Waals surface area contributed by atoms with E-state index in [1.165, 1.54) is 0 Å². The van der Waals surface area contributed by atoms with Gasteiger partial charge in [0.2, 0.25) is 0 Å².